The Labute approximate surface area is 131 Å². The highest BCUT2D eigenvalue weighted by molar-refractivity contribution is 9.10. The lowest BCUT2D eigenvalue weighted by Crippen LogP contribution is -2.30. The van der Waals surface area contributed by atoms with Gasteiger partial charge >= 0.3 is 0 Å². The van der Waals surface area contributed by atoms with E-state index in [2.05, 4.69) is 21.2 Å². The highest BCUT2D eigenvalue weighted by Crippen LogP contribution is 2.19. The van der Waals surface area contributed by atoms with E-state index in [1.54, 1.807) is 31.2 Å². The van der Waals surface area contributed by atoms with Crippen LogP contribution in [0.2, 0.25) is 5.02 Å². The average Bonchev–Trinajstić information content (AvgIpc) is 2.38. The smallest absolute Gasteiger partial charge is 0.265 e. The van der Waals surface area contributed by atoms with Gasteiger partial charge < -0.3 is 10.1 Å². The number of nitrogens with one attached hydrogen (secondary N) is 1. The fourth-order valence-electron chi connectivity index (χ4n) is 1.61. The van der Waals surface area contributed by atoms with Crippen LogP contribution in [0.3, 0.4) is 0 Å². The minimum atomic E-state index is -0.618. The second-order valence-electron chi connectivity index (χ2n) is 4.22. The predicted molar refractivity (Wildman–Crippen MR) is 84.3 cm³/mol. The van der Waals surface area contributed by atoms with E-state index in [9.17, 15) is 4.79 Å². The summed E-state index contributed by atoms with van der Waals surface area (Å²) in [6.45, 7) is 1.69. The third kappa shape index (κ3) is 4.25. The number of halogens is 2. The molecule has 0 heterocycles. The Balaban J connectivity index is 1.98. The Morgan fingerprint density at radius 3 is 2.70 bits per heavy atom. The van der Waals surface area contributed by atoms with E-state index in [1.165, 1.54) is 0 Å². The Morgan fingerprint density at radius 1 is 1.25 bits per heavy atom. The van der Waals surface area contributed by atoms with Gasteiger partial charge in [0.15, 0.2) is 6.10 Å². The van der Waals surface area contributed by atoms with E-state index in [4.69, 9.17) is 16.3 Å². The van der Waals surface area contributed by atoms with E-state index in [0.29, 0.717) is 16.5 Å². The quantitative estimate of drug-likeness (QED) is 0.877. The number of carbonyl (C=O) groups is 1. The lowest BCUT2D eigenvalue weighted by molar-refractivity contribution is -0.122. The second kappa shape index (κ2) is 6.77. The summed E-state index contributed by atoms with van der Waals surface area (Å²) in [5, 5.41) is 3.36. The molecule has 0 aromatic heterocycles. The highest BCUT2D eigenvalue weighted by atomic mass is 79.9. The summed E-state index contributed by atoms with van der Waals surface area (Å²) in [4.78, 5) is 12.0. The molecular formula is C15H13BrClNO2. The molecule has 1 N–H and O–H groups in total. The Hall–Kier alpha value is -1.52. The van der Waals surface area contributed by atoms with Crippen molar-refractivity contribution in [3.63, 3.8) is 0 Å². The molecule has 2 rings (SSSR count). The zero-order valence-electron chi connectivity index (χ0n) is 10.8. The highest BCUT2D eigenvalue weighted by Gasteiger charge is 2.15. The number of anilines is 1. The fraction of sp³-hybridized carbons (Fsp3) is 0.133. The third-order valence-corrected chi connectivity index (χ3v) is 3.30. The monoisotopic (exact) mass is 353 g/mol. The van der Waals surface area contributed by atoms with Gasteiger partial charge in [-0.2, -0.15) is 0 Å². The van der Waals surface area contributed by atoms with Gasteiger partial charge in [-0.15, -0.1) is 0 Å². The molecule has 1 amide bonds. The van der Waals surface area contributed by atoms with Crippen LogP contribution in [0.1, 0.15) is 6.92 Å². The Bertz CT molecular complexity index is 618. The van der Waals surface area contributed by atoms with Crippen LogP contribution in [0, 0.1) is 0 Å². The second-order valence-corrected chi connectivity index (χ2v) is 5.57. The molecule has 0 aliphatic carbocycles. The molecule has 1 atom stereocenters. The number of rotatable bonds is 4. The standard InChI is InChI=1S/C15H13BrClNO2/c1-10(20-14-7-3-5-12(17)9-14)15(19)18-13-6-2-4-11(16)8-13/h2-10H,1H3,(H,18,19)/t10-/m1/s1. The molecule has 2 aromatic carbocycles. The number of carbonyl (C=O) groups excluding carboxylic acids is 1. The van der Waals surface area contributed by atoms with Gasteiger partial charge in [0.05, 0.1) is 0 Å². The molecule has 3 nitrogen and oxygen atoms in total. The van der Waals surface area contributed by atoms with Gasteiger partial charge in [0.1, 0.15) is 5.75 Å². The van der Waals surface area contributed by atoms with Gasteiger partial charge in [0.2, 0.25) is 0 Å². The first kappa shape index (κ1) is 14.9. The molecular weight excluding hydrogens is 342 g/mol. The van der Waals surface area contributed by atoms with Crippen molar-refractivity contribution in [3.05, 3.63) is 58.0 Å². The van der Waals surface area contributed by atoms with Crippen LogP contribution in [0.5, 0.6) is 5.75 Å². The largest absolute Gasteiger partial charge is 0.481 e. The predicted octanol–water partition coefficient (Wildman–Crippen LogP) is 4.51. The van der Waals surface area contributed by atoms with Gasteiger partial charge in [-0.25, -0.2) is 0 Å². The van der Waals surface area contributed by atoms with E-state index in [1.807, 2.05) is 24.3 Å². The first-order valence-electron chi connectivity index (χ1n) is 6.03. The molecule has 0 aliphatic heterocycles. The molecule has 5 heteroatoms. The van der Waals surface area contributed by atoms with Crippen molar-refractivity contribution < 1.29 is 9.53 Å². The number of amides is 1. The van der Waals surface area contributed by atoms with Gasteiger partial charge in [-0.3, -0.25) is 4.79 Å². The zero-order valence-corrected chi connectivity index (χ0v) is 13.1. The summed E-state index contributed by atoms with van der Waals surface area (Å²) in [7, 11) is 0. The molecule has 2 aromatic rings. The van der Waals surface area contributed by atoms with Crippen LogP contribution in [0.4, 0.5) is 5.69 Å². The number of ether oxygens (including phenoxy) is 1. The zero-order chi connectivity index (χ0) is 14.5. The summed E-state index contributed by atoms with van der Waals surface area (Å²) < 4.78 is 6.45. The lowest BCUT2D eigenvalue weighted by atomic mass is 10.3. The van der Waals surface area contributed by atoms with Gasteiger partial charge in [-0.05, 0) is 43.3 Å². The summed E-state index contributed by atoms with van der Waals surface area (Å²) in [5.41, 5.74) is 0.714. The molecule has 0 bridgehead atoms. The lowest BCUT2D eigenvalue weighted by Gasteiger charge is -2.15. The van der Waals surface area contributed by atoms with Crippen molar-refractivity contribution >= 4 is 39.1 Å². The maximum atomic E-state index is 12.0. The van der Waals surface area contributed by atoms with Crippen LogP contribution < -0.4 is 10.1 Å². The van der Waals surface area contributed by atoms with E-state index < -0.39 is 6.10 Å². The van der Waals surface area contributed by atoms with E-state index >= 15 is 0 Å². The van der Waals surface area contributed by atoms with Crippen LogP contribution >= 0.6 is 27.5 Å². The van der Waals surface area contributed by atoms with Crippen molar-refractivity contribution in [2.75, 3.05) is 5.32 Å². The minimum Gasteiger partial charge on any atom is -0.481 e. The normalized spacial score (nSPS) is 11.8. The molecule has 104 valence electrons. The van der Waals surface area contributed by atoms with Crippen molar-refractivity contribution in [2.45, 2.75) is 13.0 Å². The van der Waals surface area contributed by atoms with Crippen LogP contribution in [0.25, 0.3) is 0 Å². The van der Waals surface area contributed by atoms with Crippen molar-refractivity contribution in [1.29, 1.82) is 0 Å². The van der Waals surface area contributed by atoms with Gasteiger partial charge in [-0.1, -0.05) is 39.7 Å². The molecule has 0 aliphatic rings. The Kier molecular flexibility index (Phi) is 5.04. The van der Waals surface area contributed by atoms with Gasteiger partial charge in [0.25, 0.3) is 5.91 Å². The minimum absolute atomic E-state index is 0.219. The van der Waals surface area contributed by atoms with Crippen LogP contribution in [-0.4, -0.2) is 12.0 Å². The van der Waals surface area contributed by atoms with E-state index in [0.717, 1.165) is 4.47 Å². The molecule has 0 spiro atoms. The third-order valence-electron chi connectivity index (χ3n) is 2.57. The van der Waals surface area contributed by atoms with Gasteiger partial charge in [0, 0.05) is 15.2 Å². The van der Waals surface area contributed by atoms with Crippen molar-refractivity contribution in [1.82, 2.24) is 0 Å². The summed E-state index contributed by atoms with van der Waals surface area (Å²) in [6.07, 6.45) is -0.618. The molecule has 0 radical (unpaired) electrons. The molecule has 0 unspecified atom stereocenters. The summed E-state index contributed by atoms with van der Waals surface area (Å²) in [5.74, 6) is 0.345. The SMILES string of the molecule is C[C@@H](Oc1cccc(Cl)c1)C(=O)Nc1cccc(Br)c1. The van der Waals surface area contributed by atoms with Crippen LogP contribution in [-0.2, 0) is 4.79 Å². The maximum absolute atomic E-state index is 12.0. The van der Waals surface area contributed by atoms with Crippen molar-refractivity contribution in [2.24, 2.45) is 0 Å². The summed E-state index contributed by atoms with van der Waals surface area (Å²) in [6, 6.07) is 14.3. The molecule has 0 saturated carbocycles. The molecule has 0 fully saturated rings. The maximum Gasteiger partial charge on any atom is 0.265 e. The van der Waals surface area contributed by atoms with Crippen LogP contribution in [0.15, 0.2) is 53.0 Å². The Morgan fingerprint density at radius 2 is 2.00 bits per heavy atom. The number of hydrogen-bond donors (Lipinski definition) is 1. The average molecular weight is 355 g/mol. The topological polar surface area (TPSA) is 38.3 Å². The number of benzene rings is 2. The van der Waals surface area contributed by atoms with E-state index in [-0.39, 0.29) is 5.91 Å². The first-order chi connectivity index (χ1) is 9.54. The van der Waals surface area contributed by atoms with Crippen molar-refractivity contribution in [3.8, 4) is 5.75 Å². The molecule has 0 saturated heterocycles. The fourth-order valence-corrected chi connectivity index (χ4v) is 2.19. The summed E-state index contributed by atoms with van der Waals surface area (Å²) >= 11 is 9.22. The molecule has 20 heavy (non-hydrogen) atoms. The number of hydrogen-bond acceptors (Lipinski definition) is 2. The first-order valence-corrected chi connectivity index (χ1v) is 7.20.